The average Bonchev–Trinajstić information content (AvgIpc) is 3.52. The van der Waals surface area contributed by atoms with Gasteiger partial charge in [-0.2, -0.15) is 0 Å². The van der Waals surface area contributed by atoms with Crippen LogP contribution in [0.15, 0.2) is 72.9 Å². The van der Waals surface area contributed by atoms with E-state index in [9.17, 15) is 4.79 Å². The Labute approximate surface area is 221 Å². The minimum atomic E-state index is -0.0393. The van der Waals surface area contributed by atoms with Gasteiger partial charge in [0, 0.05) is 74.2 Å². The Kier molecular flexibility index (Phi) is 6.53. The van der Waals surface area contributed by atoms with Crippen molar-refractivity contribution >= 4 is 28.4 Å². The van der Waals surface area contributed by atoms with Crippen molar-refractivity contribution in [1.29, 1.82) is 0 Å². The number of piperazine rings is 1. The second-order valence-electron chi connectivity index (χ2n) is 9.87. The van der Waals surface area contributed by atoms with Crippen molar-refractivity contribution in [1.82, 2.24) is 14.4 Å². The Morgan fingerprint density at radius 2 is 1.70 bits per heavy atom. The minimum absolute atomic E-state index is 0.0393. The van der Waals surface area contributed by atoms with E-state index in [2.05, 4.69) is 59.1 Å². The number of hydrogen-bond acceptors (Lipinski definition) is 4. The SMILES string of the molecule is Cn1cc([C@@H](CC(=O)N2CCN(Cc3ccc4c(c3)OCO4)CC2)c2ccc(Cl)cc2)c2ccccc21. The summed E-state index contributed by atoms with van der Waals surface area (Å²) in [4.78, 5) is 18.0. The van der Waals surface area contributed by atoms with Crippen molar-refractivity contribution in [2.24, 2.45) is 7.05 Å². The molecular formula is C30H30ClN3O3. The number of para-hydroxylation sites is 1. The lowest BCUT2D eigenvalue weighted by molar-refractivity contribution is -0.133. The number of rotatable bonds is 6. The molecule has 0 radical (unpaired) electrons. The third-order valence-electron chi connectivity index (χ3n) is 7.52. The smallest absolute Gasteiger partial charge is 0.231 e. The van der Waals surface area contributed by atoms with Crippen LogP contribution in [0, 0.1) is 0 Å². The van der Waals surface area contributed by atoms with E-state index in [1.54, 1.807) is 0 Å². The van der Waals surface area contributed by atoms with Gasteiger partial charge < -0.3 is 18.9 Å². The molecule has 190 valence electrons. The molecule has 1 atom stereocenters. The molecular weight excluding hydrogens is 486 g/mol. The fourth-order valence-electron chi connectivity index (χ4n) is 5.51. The summed E-state index contributed by atoms with van der Waals surface area (Å²) in [6.07, 6.45) is 2.60. The van der Waals surface area contributed by atoms with Crippen LogP contribution in [-0.4, -0.2) is 53.2 Å². The van der Waals surface area contributed by atoms with Gasteiger partial charge in [-0.3, -0.25) is 9.69 Å². The predicted octanol–water partition coefficient (Wildman–Crippen LogP) is 5.43. The number of hydrogen-bond donors (Lipinski definition) is 0. The van der Waals surface area contributed by atoms with Crippen LogP contribution < -0.4 is 9.47 Å². The molecule has 0 unspecified atom stereocenters. The van der Waals surface area contributed by atoms with Crippen LogP contribution in [0.4, 0.5) is 0 Å². The highest BCUT2D eigenvalue weighted by Crippen LogP contribution is 2.36. The van der Waals surface area contributed by atoms with E-state index in [1.807, 2.05) is 35.2 Å². The fraction of sp³-hybridized carbons (Fsp3) is 0.300. The first kappa shape index (κ1) is 23.9. The van der Waals surface area contributed by atoms with Crippen molar-refractivity contribution < 1.29 is 14.3 Å². The summed E-state index contributed by atoms with van der Waals surface area (Å²) in [5, 5.41) is 1.89. The van der Waals surface area contributed by atoms with Crippen molar-refractivity contribution in [2.45, 2.75) is 18.9 Å². The molecule has 7 heteroatoms. The summed E-state index contributed by atoms with van der Waals surface area (Å²) in [6.45, 7) is 4.27. The van der Waals surface area contributed by atoms with Gasteiger partial charge in [0.1, 0.15) is 0 Å². The molecule has 1 amide bonds. The number of carbonyl (C=O) groups excluding carboxylic acids is 1. The highest BCUT2D eigenvalue weighted by Gasteiger charge is 2.27. The molecule has 2 aliphatic heterocycles. The second kappa shape index (κ2) is 10.1. The molecule has 0 spiro atoms. The molecule has 1 aromatic heterocycles. The van der Waals surface area contributed by atoms with E-state index >= 15 is 0 Å². The number of ether oxygens (including phenoxy) is 2. The van der Waals surface area contributed by atoms with E-state index in [1.165, 1.54) is 22.0 Å². The monoisotopic (exact) mass is 515 g/mol. The van der Waals surface area contributed by atoms with Crippen LogP contribution in [0.5, 0.6) is 11.5 Å². The molecule has 3 aromatic carbocycles. The van der Waals surface area contributed by atoms with Crippen molar-refractivity contribution in [3.63, 3.8) is 0 Å². The van der Waals surface area contributed by atoms with Gasteiger partial charge >= 0.3 is 0 Å². The topological polar surface area (TPSA) is 46.9 Å². The lowest BCUT2D eigenvalue weighted by Crippen LogP contribution is -2.48. The van der Waals surface area contributed by atoms with Crippen LogP contribution in [0.25, 0.3) is 10.9 Å². The third kappa shape index (κ3) is 4.91. The molecule has 37 heavy (non-hydrogen) atoms. The first-order valence-electron chi connectivity index (χ1n) is 12.7. The maximum absolute atomic E-state index is 13.6. The highest BCUT2D eigenvalue weighted by molar-refractivity contribution is 6.30. The molecule has 0 saturated carbocycles. The van der Waals surface area contributed by atoms with Gasteiger partial charge in [0.25, 0.3) is 0 Å². The number of halogens is 1. The number of benzene rings is 3. The van der Waals surface area contributed by atoms with E-state index in [0.717, 1.165) is 49.8 Å². The summed E-state index contributed by atoms with van der Waals surface area (Å²) < 4.78 is 13.1. The summed E-state index contributed by atoms with van der Waals surface area (Å²) >= 11 is 6.19. The number of nitrogens with zero attached hydrogens (tertiary/aromatic N) is 3. The Hall–Kier alpha value is -3.48. The Balaban J connectivity index is 1.16. The number of aromatic nitrogens is 1. The first-order valence-corrected chi connectivity index (χ1v) is 13.1. The van der Waals surface area contributed by atoms with Gasteiger partial charge in [0.15, 0.2) is 11.5 Å². The van der Waals surface area contributed by atoms with Gasteiger partial charge in [0.2, 0.25) is 12.7 Å². The summed E-state index contributed by atoms with van der Waals surface area (Å²) in [5.74, 6) is 1.77. The lowest BCUT2D eigenvalue weighted by atomic mass is 9.87. The number of aryl methyl sites for hydroxylation is 1. The zero-order chi connectivity index (χ0) is 25.4. The average molecular weight is 516 g/mol. The molecule has 0 N–H and O–H groups in total. The molecule has 6 rings (SSSR count). The Morgan fingerprint density at radius 3 is 2.51 bits per heavy atom. The molecule has 1 saturated heterocycles. The minimum Gasteiger partial charge on any atom is -0.454 e. The standard InChI is InChI=1S/C30H30ClN3O3/c1-32-19-26(24-4-2-3-5-27(24)32)25(22-7-9-23(31)10-8-22)17-30(35)34-14-12-33(13-15-34)18-21-6-11-28-29(16-21)37-20-36-28/h2-11,16,19,25H,12-15,17-18,20H2,1H3/t25-/m0/s1. The van der Waals surface area contributed by atoms with E-state index < -0.39 is 0 Å². The third-order valence-corrected chi connectivity index (χ3v) is 7.77. The van der Waals surface area contributed by atoms with Crippen molar-refractivity contribution in [2.75, 3.05) is 33.0 Å². The Bertz CT molecular complexity index is 1420. The second-order valence-corrected chi connectivity index (χ2v) is 10.3. The van der Waals surface area contributed by atoms with Crippen LogP contribution in [0.1, 0.15) is 29.0 Å². The van der Waals surface area contributed by atoms with Crippen LogP contribution in [0.2, 0.25) is 5.02 Å². The summed E-state index contributed by atoms with van der Waals surface area (Å²) in [5.41, 5.74) is 4.65. The first-order chi connectivity index (χ1) is 18.0. The van der Waals surface area contributed by atoms with Crippen LogP contribution in [-0.2, 0) is 18.4 Å². The highest BCUT2D eigenvalue weighted by atomic mass is 35.5. The molecule has 2 aliphatic rings. The van der Waals surface area contributed by atoms with Gasteiger partial charge in [0.05, 0.1) is 0 Å². The van der Waals surface area contributed by atoms with E-state index in [-0.39, 0.29) is 18.6 Å². The number of amides is 1. The molecule has 1 fully saturated rings. The van der Waals surface area contributed by atoms with Gasteiger partial charge in [-0.15, -0.1) is 0 Å². The van der Waals surface area contributed by atoms with Gasteiger partial charge in [-0.1, -0.05) is 48.0 Å². The molecule has 0 bridgehead atoms. The zero-order valence-electron chi connectivity index (χ0n) is 20.9. The van der Waals surface area contributed by atoms with Gasteiger partial charge in [-0.25, -0.2) is 0 Å². The number of fused-ring (bicyclic) bond motifs is 2. The predicted molar refractivity (Wildman–Crippen MR) is 145 cm³/mol. The lowest BCUT2D eigenvalue weighted by Gasteiger charge is -2.35. The van der Waals surface area contributed by atoms with Gasteiger partial charge in [-0.05, 0) is 47.0 Å². The maximum atomic E-state index is 13.6. The maximum Gasteiger partial charge on any atom is 0.231 e. The van der Waals surface area contributed by atoms with Crippen LogP contribution in [0.3, 0.4) is 0 Å². The quantitative estimate of drug-likeness (QED) is 0.344. The van der Waals surface area contributed by atoms with Crippen molar-refractivity contribution in [3.05, 3.63) is 94.6 Å². The van der Waals surface area contributed by atoms with E-state index in [4.69, 9.17) is 21.1 Å². The fourth-order valence-corrected chi connectivity index (χ4v) is 5.64. The molecule has 4 aromatic rings. The zero-order valence-corrected chi connectivity index (χ0v) is 21.7. The van der Waals surface area contributed by atoms with E-state index in [0.29, 0.717) is 11.4 Å². The number of carbonyl (C=O) groups is 1. The molecule has 6 nitrogen and oxygen atoms in total. The summed E-state index contributed by atoms with van der Waals surface area (Å²) in [7, 11) is 2.06. The normalized spacial score (nSPS) is 16.3. The summed E-state index contributed by atoms with van der Waals surface area (Å²) in [6, 6.07) is 22.4. The van der Waals surface area contributed by atoms with Crippen LogP contribution >= 0.6 is 11.6 Å². The molecule has 0 aliphatic carbocycles. The Morgan fingerprint density at radius 1 is 0.946 bits per heavy atom. The largest absolute Gasteiger partial charge is 0.454 e. The van der Waals surface area contributed by atoms with Crippen molar-refractivity contribution in [3.8, 4) is 11.5 Å². The molecule has 3 heterocycles.